The maximum absolute atomic E-state index is 12.5. The highest BCUT2D eigenvalue weighted by atomic mass is 35.5. The minimum absolute atomic E-state index is 0.0771. The Balaban J connectivity index is 1.25. The first-order valence-electron chi connectivity index (χ1n) is 10.8. The minimum Gasteiger partial charge on any atom is -0.477 e. The van der Waals surface area contributed by atoms with Crippen LogP contribution in [0.15, 0.2) is 45.8 Å². The standard InChI is InChI=1S/C23H28ClN3O4/c24-18-5-4-6-19(13-18)26-9-11-27(12-10-26)23(29)17-31-22-16-30-20(14-21(22)28)15-25-7-2-1-3-8-25/h4-6,13-14,16H,1-3,7-12,15,17H2. The summed E-state index contributed by atoms with van der Waals surface area (Å²) in [6, 6.07) is 9.18. The first kappa shape index (κ1) is 21.7. The molecule has 0 saturated carbocycles. The van der Waals surface area contributed by atoms with Crippen LogP contribution in [0.4, 0.5) is 5.69 Å². The number of hydrogen-bond acceptors (Lipinski definition) is 6. The van der Waals surface area contributed by atoms with Crippen LogP contribution in [0.1, 0.15) is 25.0 Å². The Labute approximate surface area is 187 Å². The van der Waals surface area contributed by atoms with Gasteiger partial charge in [-0.1, -0.05) is 24.1 Å². The topological polar surface area (TPSA) is 66.2 Å². The summed E-state index contributed by atoms with van der Waals surface area (Å²) in [6.07, 6.45) is 4.95. The number of anilines is 1. The second kappa shape index (κ2) is 10.2. The van der Waals surface area contributed by atoms with E-state index < -0.39 is 0 Å². The average Bonchev–Trinajstić information content (AvgIpc) is 2.79. The zero-order chi connectivity index (χ0) is 21.6. The summed E-state index contributed by atoms with van der Waals surface area (Å²) in [7, 11) is 0. The number of piperazine rings is 1. The van der Waals surface area contributed by atoms with Gasteiger partial charge in [0.2, 0.25) is 11.2 Å². The van der Waals surface area contributed by atoms with Crippen LogP contribution in [0.5, 0.6) is 5.75 Å². The minimum atomic E-state index is -0.253. The summed E-state index contributed by atoms with van der Waals surface area (Å²) in [5, 5.41) is 0.699. The van der Waals surface area contributed by atoms with Gasteiger partial charge >= 0.3 is 0 Å². The van der Waals surface area contributed by atoms with Crippen LogP contribution in [-0.4, -0.2) is 61.6 Å². The van der Waals surface area contributed by atoms with Crippen LogP contribution in [0, 0.1) is 0 Å². The molecular weight excluding hydrogens is 418 g/mol. The third kappa shape index (κ3) is 5.80. The van der Waals surface area contributed by atoms with Crippen molar-refractivity contribution < 1.29 is 13.9 Å². The normalized spacial score (nSPS) is 17.6. The molecule has 4 rings (SSSR count). The van der Waals surface area contributed by atoms with Crippen LogP contribution in [0.25, 0.3) is 0 Å². The number of nitrogens with zero attached hydrogens (tertiary/aromatic N) is 3. The Hall–Kier alpha value is -2.51. The fourth-order valence-corrected chi connectivity index (χ4v) is 4.27. The number of piperidine rings is 1. The van der Waals surface area contributed by atoms with Gasteiger partial charge in [0.05, 0.1) is 6.54 Å². The van der Waals surface area contributed by atoms with Gasteiger partial charge in [-0.05, 0) is 44.1 Å². The van der Waals surface area contributed by atoms with E-state index in [2.05, 4.69) is 9.80 Å². The number of hydrogen-bond donors (Lipinski definition) is 0. The van der Waals surface area contributed by atoms with Gasteiger partial charge in [-0.3, -0.25) is 14.5 Å². The molecule has 1 amide bonds. The van der Waals surface area contributed by atoms with Crippen LogP contribution >= 0.6 is 11.6 Å². The molecule has 0 aliphatic carbocycles. The van der Waals surface area contributed by atoms with Crippen molar-refractivity contribution in [1.29, 1.82) is 0 Å². The lowest BCUT2D eigenvalue weighted by molar-refractivity contribution is -0.133. The molecule has 3 heterocycles. The third-order valence-electron chi connectivity index (χ3n) is 5.84. The number of carbonyl (C=O) groups is 1. The van der Waals surface area contributed by atoms with Gasteiger partial charge in [0.15, 0.2) is 6.61 Å². The van der Waals surface area contributed by atoms with E-state index >= 15 is 0 Å². The number of amides is 1. The van der Waals surface area contributed by atoms with Gasteiger partial charge in [-0.15, -0.1) is 0 Å². The molecule has 1 aromatic carbocycles. The predicted octanol–water partition coefficient (Wildman–Crippen LogP) is 3.01. The summed E-state index contributed by atoms with van der Waals surface area (Å²) >= 11 is 6.07. The highest BCUT2D eigenvalue weighted by molar-refractivity contribution is 6.30. The summed E-state index contributed by atoms with van der Waals surface area (Å²) in [4.78, 5) is 31.1. The Morgan fingerprint density at radius 2 is 1.81 bits per heavy atom. The Morgan fingerprint density at radius 3 is 2.52 bits per heavy atom. The van der Waals surface area contributed by atoms with Gasteiger partial charge in [0.1, 0.15) is 12.0 Å². The SMILES string of the molecule is O=C(COc1coc(CN2CCCCC2)cc1=O)N1CCN(c2cccc(Cl)c2)CC1. The zero-order valence-corrected chi connectivity index (χ0v) is 18.4. The fourth-order valence-electron chi connectivity index (χ4n) is 4.08. The first-order chi connectivity index (χ1) is 15.1. The molecule has 0 bridgehead atoms. The third-order valence-corrected chi connectivity index (χ3v) is 6.07. The molecule has 8 heteroatoms. The van der Waals surface area contributed by atoms with Crippen molar-refractivity contribution in [2.45, 2.75) is 25.8 Å². The molecule has 31 heavy (non-hydrogen) atoms. The number of benzene rings is 1. The number of rotatable bonds is 6. The number of likely N-dealkylation sites (tertiary alicyclic amines) is 1. The molecule has 2 aliphatic rings. The summed E-state index contributed by atoms with van der Waals surface area (Å²) in [5.41, 5.74) is 0.801. The molecule has 0 atom stereocenters. The van der Waals surface area contributed by atoms with Gasteiger partial charge in [-0.25, -0.2) is 0 Å². The van der Waals surface area contributed by atoms with Crippen LogP contribution in [0.2, 0.25) is 5.02 Å². The molecule has 2 saturated heterocycles. The number of ether oxygens (including phenoxy) is 1. The van der Waals surface area contributed by atoms with Crippen molar-refractivity contribution in [1.82, 2.24) is 9.80 Å². The van der Waals surface area contributed by atoms with Crippen LogP contribution < -0.4 is 15.1 Å². The predicted molar refractivity (Wildman–Crippen MR) is 120 cm³/mol. The molecule has 1 aromatic heterocycles. The van der Waals surface area contributed by atoms with E-state index in [1.807, 2.05) is 24.3 Å². The zero-order valence-electron chi connectivity index (χ0n) is 17.6. The summed E-state index contributed by atoms with van der Waals surface area (Å²) in [5.74, 6) is 0.568. The number of halogens is 1. The Bertz CT molecular complexity index is 950. The van der Waals surface area contributed by atoms with Crippen molar-refractivity contribution in [2.75, 3.05) is 50.8 Å². The van der Waals surface area contributed by atoms with E-state index in [0.717, 1.165) is 31.9 Å². The second-order valence-electron chi connectivity index (χ2n) is 8.05. The molecule has 0 radical (unpaired) electrons. The van der Waals surface area contributed by atoms with Crippen molar-refractivity contribution in [3.63, 3.8) is 0 Å². The maximum Gasteiger partial charge on any atom is 0.260 e. The lowest BCUT2D eigenvalue weighted by atomic mass is 10.1. The largest absolute Gasteiger partial charge is 0.477 e. The van der Waals surface area contributed by atoms with Crippen molar-refractivity contribution >= 4 is 23.2 Å². The average molecular weight is 446 g/mol. The second-order valence-corrected chi connectivity index (χ2v) is 8.48. The van der Waals surface area contributed by atoms with Gasteiger partial charge < -0.3 is 19.0 Å². The van der Waals surface area contributed by atoms with Crippen LogP contribution in [-0.2, 0) is 11.3 Å². The van der Waals surface area contributed by atoms with Crippen molar-refractivity contribution in [3.05, 3.63) is 57.6 Å². The quantitative estimate of drug-likeness (QED) is 0.681. The van der Waals surface area contributed by atoms with E-state index in [1.54, 1.807) is 4.90 Å². The van der Waals surface area contributed by atoms with E-state index in [1.165, 1.54) is 31.6 Å². The van der Waals surface area contributed by atoms with E-state index in [-0.39, 0.29) is 23.7 Å². The molecule has 2 aromatic rings. The molecule has 0 spiro atoms. The first-order valence-corrected chi connectivity index (χ1v) is 11.2. The molecule has 2 fully saturated rings. The number of carbonyl (C=O) groups excluding carboxylic acids is 1. The summed E-state index contributed by atoms with van der Waals surface area (Å²) < 4.78 is 11.1. The molecule has 7 nitrogen and oxygen atoms in total. The van der Waals surface area contributed by atoms with Crippen molar-refractivity contribution in [2.24, 2.45) is 0 Å². The van der Waals surface area contributed by atoms with Gasteiger partial charge in [0.25, 0.3) is 5.91 Å². The highest BCUT2D eigenvalue weighted by Gasteiger charge is 2.22. The molecule has 0 unspecified atom stereocenters. The monoisotopic (exact) mass is 445 g/mol. The molecule has 2 aliphatic heterocycles. The summed E-state index contributed by atoms with van der Waals surface area (Å²) in [6.45, 7) is 5.15. The molecule has 0 N–H and O–H groups in total. The Kier molecular flexibility index (Phi) is 7.14. The van der Waals surface area contributed by atoms with Gasteiger partial charge in [-0.2, -0.15) is 0 Å². The lowest BCUT2D eigenvalue weighted by Crippen LogP contribution is -2.50. The fraction of sp³-hybridized carbons (Fsp3) is 0.478. The Morgan fingerprint density at radius 1 is 1.03 bits per heavy atom. The van der Waals surface area contributed by atoms with Crippen LogP contribution in [0.3, 0.4) is 0 Å². The van der Waals surface area contributed by atoms with Gasteiger partial charge in [0, 0.05) is 43.0 Å². The lowest BCUT2D eigenvalue weighted by Gasteiger charge is -2.36. The van der Waals surface area contributed by atoms with Crippen molar-refractivity contribution in [3.8, 4) is 5.75 Å². The maximum atomic E-state index is 12.5. The molecule has 166 valence electrons. The highest BCUT2D eigenvalue weighted by Crippen LogP contribution is 2.21. The molecular formula is C23H28ClN3O4. The smallest absolute Gasteiger partial charge is 0.260 e. The van der Waals surface area contributed by atoms with E-state index in [0.29, 0.717) is 30.4 Å². The van der Waals surface area contributed by atoms with E-state index in [4.69, 9.17) is 20.8 Å². The van der Waals surface area contributed by atoms with E-state index in [9.17, 15) is 9.59 Å².